The first-order valence-corrected chi connectivity index (χ1v) is 3.14. The molecule has 0 aromatic carbocycles. The first-order chi connectivity index (χ1) is 3.98. The average molecular weight is 130 g/mol. The van der Waals surface area contributed by atoms with Crippen LogP contribution in [0.25, 0.3) is 0 Å². The van der Waals surface area contributed by atoms with E-state index in [1.54, 1.807) is 6.82 Å². The molecule has 54 valence electrons. The Morgan fingerprint density at radius 1 is 1.67 bits per heavy atom. The molecule has 4 N–H and O–H groups in total. The van der Waals surface area contributed by atoms with E-state index in [1.807, 2.05) is 13.8 Å². The molecule has 0 unspecified atom stereocenters. The molecule has 0 saturated heterocycles. The van der Waals surface area contributed by atoms with Crippen molar-refractivity contribution in [2.75, 3.05) is 6.54 Å². The van der Waals surface area contributed by atoms with Crippen molar-refractivity contribution in [1.29, 1.82) is 0 Å². The standard InChI is InChI=1S/C5H15BN2O/c1-5(2,4-7)8-6(3)9/h8-9H,4,7H2,1-3H3. The van der Waals surface area contributed by atoms with Crippen LogP contribution in [0.4, 0.5) is 0 Å². The Hall–Kier alpha value is -0.0551. The van der Waals surface area contributed by atoms with Crippen LogP contribution in [0.15, 0.2) is 0 Å². The predicted octanol–water partition coefficient (Wildman–Crippen LogP) is -0.576. The molecule has 0 aromatic rings. The molecule has 0 aromatic heterocycles. The summed E-state index contributed by atoms with van der Waals surface area (Å²) < 4.78 is 0. The van der Waals surface area contributed by atoms with Gasteiger partial charge >= 0.3 is 7.05 Å². The molecule has 0 aliphatic rings. The summed E-state index contributed by atoms with van der Waals surface area (Å²) in [5.74, 6) is 0. The Labute approximate surface area is 56.8 Å². The van der Waals surface area contributed by atoms with Gasteiger partial charge in [0.2, 0.25) is 0 Å². The molecule has 0 heterocycles. The fraction of sp³-hybridized carbons (Fsp3) is 1.00. The second-order valence-electron chi connectivity index (χ2n) is 2.91. The lowest BCUT2D eigenvalue weighted by atomic mass is 9.84. The van der Waals surface area contributed by atoms with E-state index in [4.69, 9.17) is 10.8 Å². The highest BCUT2D eigenvalue weighted by Gasteiger charge is 2.18. The van der Waals surface area contributed by atoms with Crippen LogP contribution in [0.2, 0.25) is 6.82 Å². The highest BCUT2D eigenvalue weighted by molar-refractivity contribution is 6.45. The number of nitrogens with one attached hydrogen (secondary N) is 1. The molecule has 0 bridgehead atoms. The molecule has 9 heavy (non-hydrogen) atoms. The minimum absolute atomic E-state index is 0.159. The second kappa shape index (κ2) is 3.20. The lowest BCUT2D eigenvalue weighted by molar-refractivity contribution is 0.436. The van der Waals surface area contributed by atoms with Crippen molar-refractivity contribution in [3.8, 4) is 0 Å². The summed E-state index contributed by atoms with van der Waals surface area (Å²) in [4.78, 5) is 0. The van der Waals surface area contributed by atoms with Crippen molar-refractivity contribution in [3.05, 3.63) is 0 Å². The second-order valence-corrected chi connectivity index (χ2v) is 2.91. The molecular weight excluding hydrogens is 115 g/mol. The van der Waals surface area contributed by atoms with Gasteiger partial charge in [0.05, 0.1) is 0 Å². The van der Waals surface area contributed by atoms with Crippen LogP contribution < -0.4 is 11.0 Å². The SMILES string of the molecule is CB(O)NC(C)(C)CN. The molecule has 0 atom stereocenters. The van der Waals surface area contributed by atoms with Gasteiger partial charge in [-0.25, -0.2) is 0 Å². The van der Waals surface area contributed by atoms with E-state index in [0.717, 1.165) is 0 Å². The summed E-state index contributed by atoms with van der Waals surface area (Å²) in [6, 6.07) is 0. The van der Waals surface area contributed by atoms with Gasteiger partial charge in [0.1, 0.15) is 0 Å². The van der Waals surface area contributed by atoms with Crippen LogP contribution in [0.1, 0.15) is 13.8 Å². The van der Waals surface area contributed by atoms with E-state index in [2.05, 4.69) is 5.23 Å². The van der Waals surface area contributed by atoms with Crippen molar-refractivity contribution in [1.82, 2.24) is 5.23 Å². The summed E-state index contributed by atoms with van der Waals surface area (Å²) >= 11 is 0. The predicted molar refractivity (Wildman–Crippen MR) is 40.1 cm³/mol. The minimum atomic E-state index is -0.483. The zero-order valence-electron chi connectivity index (χ0n) is 6.31. The first-order valence-electron chi connectivity index (χ1n) is 3.14. The quantitative estimate of drug-likeness (QED) is 0.448. The Balaban J connectivity index is 3.58. The number of hydrogen-bond acceptors (Lipinski definition) is 3. The molecule has 0 aliphatic heterocycles. The fourth-order valence-electron chi connectivity index (χ4n) is 0.624. The maximum absolute atomic E-state index is 8.85. The molecule has 0 spiro atoms. The van der Waals surface area contributed by atoms with Gasteiger partial charge in [-0.15, -0.1) is 0 Å². The largest absolute Gasteiger partial charge is 0.437 e. The lowest BCUT2D eigenvalue weighted by Crippen LogP contribution is -2.52. The molecule has 0 radical (unpaired) electrons. The van der Waals surface area contributed by atoms with Crippen molar-refractivity contribution in [3.63, 3.8) is 0 Å². The molecule has 0 aliphatic carbocycles. The van der Waals surface area contributed by atoms with E-state index < -0.39 is 7.05 Å². The van der Waals surface area contributed by atoms with Crippen LogP contribution in [0.3, 0.4) is 0 Å². The summed E-state index contributed by atoms with van der Waals surface area (Å²) in [7, 11) is -0.483. The molecule has 0 rings (SSSR count). The van der Waals surface area contributed by atoms with E-state index in [9.17, 15) is 0 Å². The van der Waals surface area contributed by atoms with E-state index >= 15 is 0 Å². The van der Waals surface area contributed by atoms with Crippen molar-refractivity contribution >= 4 is 7.05 Å². The summed E-state index contributed by atoms with van der Waals surface area (Å²) in [5, 5.41) is 11.8. The first kappa shape index (κ1) is 8.94. The summed E-state index contributed by atoms with van der Waals surface area (Å²) in [5.41, 5.74) is 5.22. The van der Waals surface area contributed by atoms with Gasteiger partial charge < -0.3 is 16.0 Å². The van der Waals surface area contributed by atoms with E-state index in [1.165, 1.54) is 0 Å². The van der Waals surface area contributed by atoms with Gasteiger partial charge in [0.25, 0.3) is 0 Å². The molecule has 0 saturated carbocycles. The van der Waals surface area contributed by atoms with Crippen LogP contribution in [-0.2, 0) is 0 Å². The van der Waals surface area contributed by atoms with Crippen molar-refractivity contribution in [2.45, 2.75) is 26.2 Å². The summed E-state index contributed by atoms with van der Waals surface area (Å²) in [6.07, 6.45) is 0. The fourth-order valence-corrected chi connectivity index (χ4v) is 0.624. The minimum Gasteiger partial charge on any atom is -0.437 e. The third-order valence-corrected chi connectivity index (χ3v) is 1.11. The van der Waals surface area contributed by atoms with Gasteiger partial charge in [0, 0.05) is 12.1 Å². The number of rotatable bonds is 3. The molecule has 0 amide bonds. The van der Waals surface area contributed by atoms with Crippen LogP contribution in [0, 0.1) is 0 Å². The average Bonchev–Trinajstić information content (AvgIpc) is 1.63. The Kier molecular flexibility index (Phi) is 3.18. The third kappa shape index (κ3) is 4.45. The van der Waals surface area contributed by atoms with Gasteiger partial charge in [0.15, 0.2) is 0 Å². The highest BCUT2D eigenvalue weighted by atomic mass is 16.2. The molecule has 3 nitrogen and oxygen atoms in total. The Morgan fingerprint density at radius 2 is 2.11 bits per heavy atom. The van der Waals surface area contributed by atoms with Crippen molar-refractivity contribution in [2.24, 2.45) is 5.73 Å². The van der Waals surface area contributed by atoms with Gasteiger partial charge in [-0.3, -0.25) is 0 Å². The molecule has 0 fully saturated rings. The van der Waals surface area contributed by atoms with Gasteiger partial charge in [-0.2, -0.15) is 0 Å². The van der Waals surface area contributed by atoms with E-state index in [0.29, 0.717) is 6.54 Å². The topological polar surface area (TPSA) is 58.3 Å². The maximum Gasteiger partial charge on any atom is 0.374 e. The highest BCUT2D eigenvalue weighted by Crippen LogP contribution is 1.97. The zero-order chi connectivity index (χ0) is 7.49. The van der Waals surface area contributed by atoms with Gasteiger partial charge in [-0.05, 0) is 20.7 Å². The number of nitrogens with two attached hydrogens (primary N) is 1. The normalized spacial score (nSPS) is 11.7. The smallest absolute Gasteiger partial charge is 0.374 e. The van der Waals surface area contributed by atoms with Crippen LogP contribution in [-0.4, -0.2) is 24.2 Å². The lowest BCUT2D eigenvalue weighted by Gasteiger charge is -2.24. The molecular formula is C5H15BN2O. The van der Waals surface area contributed by atoms with E-state index in [-0.39, 0.29) is 5.54 Å². The zero-order valence-corrected chi connectivity index (χ0v) is 6.31. The maximum atomic E-state index is 8.85. The Bertz CT molecular complexity index is 85.0. The summed E-state index contributed by atoms with van der Waals surface area (Å²) in [6.45, 7) is 6.09. The van der Waals surface area contributed by atoms with Crippen molar-refractivity contribution < 1.29 is 5.02 Å². The molecule has 4 heteroatoms. The Morgan fingerprint density at radius 3 is 2.22 bits per heavy atom. The van der Waals surface area contributed by atoms with Crippen LogP contribution in [0.5, 0.6) is 0 Å². The third-order valence-electron chi connectivity index (χ3n) is 1.11. The number of hydrogen-bond donors (Lipinski definition) is 3. The van der Waals surface area contributed by atoms with Gasteiger partial charge in [-0.1, -0.05) is 0 Å². The van der Waals surface area contributed by atoms with Crippen LogP contribution >= 0.6 is 0 Å². The monoisotopic (exact) mass is 130 g/mol.